The summed E-state index contributed by atoms with van der Waals surface area (Å²) in [5.74, 6) is 0.892. The SMILES string of the molecule is Cc1nc(C(=O)Nc2cccc(OCc3cccnc3)c2)nn1-c1ccc(Cl)cc1. The molecule has 150 valence electrons. The molecule has 0 bridgehead atoms. The van der Waals surface area contributed by atoms with E-state index < -0.39 is 5.91 Å². The zero-order valence-electron chi connectivity index (χ0n) is 16.1. The van der Waals surface area contributed by atoms with E-state index in [4.69, 9.17) is 16.3 Å². The van der Waals surface area contributed by atoms with E-state index in [0.29, 0.717) is 28.9 Å². The zero-order chi connectivity index (χ0) is 20.9. The fourth-order valence-electron chi connectivity index (χ4n) is 2.81. The largest absolute Gasteiger partial charge is 0.489 e. The fourth-order valence-corrected chi connectivity index (χ4v) is 2.94. The average Bonchev–Trinajstić information content (AvgIpc) is 3.16. The van der Waals surface area contributed by atoms with E-state index >= 15 is 0 Å². The Bertz CT molecular complexity index is 1160. The number of halogens is 1. The lowest BCUT2D eigenvalue weighted by molar-refractivity contribution is 0.101. The maximum atomic E-state index is 12.6. The summed E-state index contributed by atoms with van der Waals surface area (Å²) < 4.78 is 7.37. The molecule has 30 heavy (non-hydrogen) atoms. The number of rotatable bonds is 6. The number of nitrogens with zero attached hydrogens (tertiary/aromatic N) is 4. The molecule has 0 aliphatic carbocycles. The molecule has 0 saturated carbocycles. The van der Waals surface area contributed by atoms with E-state index in [0.717, 1.165) is 11.3 Å². The van der Waals surface area contributed by atoms with Gasteiger partial charge in [0.1, 0.15) is 18.2 Å². The second-order valence-electron chi connectivity index (χ2n) is 6.50. The van der Waals surface area contributed by atoms with Crippen LogP contribution in [0, 0.1) is 6.92 Å². The molecule has 0 saturated heterocycles. The Morgan fingerprint density at radius 3 is 2.73 bits per heavy atom. The van der Waals surface area contributed by atoms with Crippen molar-refractivity contribution in [2.45, 2.75) is 13.5 Å². The summed E-state index contributed by atoms with van der Waals surface area (Å²) >= 11 is 5.93. The molecule has 0 fully saturated rings. The average molecular weight is 420 g/mol. The van der Waals surface area contributed by atoms with Gasteiger partial charge in [0.05, 0.1) is 5.69 Å². The van der Waals surface area contributed by atoms with Crippen molar-refractivity contribution >= 4 is 23.2 Å². The Morgan fingerprint density at radius 2 is 1.97 bits per heavy atom. The molecule has 0 aliphatic rings. The van der Waals surface area contributed by atoms with Gasteiger partial charge in [0.2, 0.25) is 5.82 Å². The van der Waals surface area contributed by atoms with Crippen LogP contribution in [0.3, 0.4) is 0 Å². The second-order valence-corrected chi connectivity index (χ2v) is 6.94. The lowest BCUT2D eigenvalue weighted by Gasteiger charge is -2.08. The lowest BCUT2D eigenvalue weighted by Crippen LogP contribution is -2.14. The molecular formula is C22H18ClN5O2. The molecule has 2 aromatic carbocycles. The number of nitrogens with one attached hydrogen (secondary N) is 1. The quantitative estimate of drug-likeness (QED) is 0.499. The van der Waals surface area contributed by atoms with Crippen LogP contribution < -0.4 is 10.1 Å². The molecule has 0 atom stereocenters. The number of ether oxygens (including phenoxy) is 1. The topological polar surface area (TPSA) is 81.9 Å². The number of carbonyl (C=O) groups is 1. The van der Waals surface area contributed by atoms with Gasteiger partial charge >= 0.3 is 0 Å². The van der Waals surface area contributed by atoms with Gasteiger partial charge < -0.3 is 10.1 Å². The molecule has 7 nitrogen and oxygen atoms in total. The molecule has 4 aromatic rings. The highest BCUT2D eigenvalue weighted by Gasteiger charge is 2.16. The number of hydrogen-bond acceptors (Lipinski definition) is 5. The highest BCUT2D eigenvalue weighted by molar-refractivity contribution is 6.30. The summed E-state index contributed by atoms with van der Waals surface area (Å²) in [5.41, 5.74) is 2.32. The molecular weight excluding hydrogens is 402 g/mol. The van der Waals surface area contributed by atoms with Crippen molar-refractivity contribution in [2.24, 2.45) is 0 Å². The van der Waals surface area contributed by atoms with Crippen molar-refractivity contribution in [3.05, 3.63) is 95.3 Å². The number of hydrogen-bond donors (Lipinski definition) is 1. The normalized spacial score (nSPS) is 10.6. The van der Waals surface area contributed by atoms with Crippen LogP contribution in [0.15, 0.2) is 73.1 Å². The first-order valence-corrected chi connectivity index (χ1v) is 9.59. The summed E-state index contributed by atoms with van der Waals surface area (Å²) in [6, 6.07) is 18.1. The number of amides is 1. The molecule has 4 rings (SSSR count). The van der Waals surface area contributed by atoms with Crippen molar-refractivity contribution < 1.29 is 9.53 Å². The van der Waals surface area contributed by atoms with Gasteiger partial charge in [-0.25, -0.2) is 9.67 Å². The Kier molecular flexibility index (Phi) is 5.72. The van der Waals surface area contributed by atoms with Gasteiger partial charge in [0.15, 0.2) is 0 Å². The molecule has 1 amide bonds. The van der Waals surface area contributed by atoms with E-state index in [1.807, 2.05) is 30.3 Å². The Labute approximate surface area is 178 Å². The summed E-state index contributed by atoms with van der Waals surface area (Å²) in [6.45, 7) is 2.17. The van der Waals surface area contributed by atoms with Crippen LogP contribution in [-0.4, -0.2) is 25.7 Å². The van der Waals surface area contributed by atoms with Gasteiger partial charge in [-0.1, -0.05) is 23.7 Å². The van der Waals surface area contributed by atoms with Crippen LogP contribution >= 0.6 is 11.6 Å². The number of anilines is 1. The third kappa shape index (κ3) is 4.64. The maximum Gasteiger partial charge on any atom is 0.295 e. The molecule has 0 radical (unpaired) electrons. The third-order valence-electron chi connectivity index (χ3n) is 4.26. The highest BCUT2D eigenvalue weighted by Crippen LogP contribution is 2.19. The van der Waals surface area contributed by atoms with Crippen molar-refractivity contribution in [3.8, 4) is 11.4 Å². The molecule has 1 N–H and O–H groups in total. The summed E-state index contributed by atoms with van der Waals surface area (Å²) in [5, 5.41) is 7.75. The lowest BCUT2D eigenvalue weighted by atomic mass is 10.3. The predicted molar refractivity (Wildman–Crippen MR) is 114 cm³/mol. The van der Waals surface area contributed by atoms with Crippen LogP contribution in [0.5, 0.6) is 5.75 Å². The van der Waals surface area contributed by atoms with Gasteiger partial charge in [0.25, 0.3) is 5.91 Å². The summed E-state index contributed by atoms with van der Waals surface area (Å²) in [4.78, 5) is 21.0. The monoisotopic (exact) mass is 419 g/mol. The molecule has 0 unspecified atom stereocenters. The van der Waals surface area contributed by atoms with Gasteiger partial charge in [0, 0.05) is 34.7 Å². The Hall–Kier alpha value is -3.71. The van der Waals surface area contributed by atoms with E-state index in [9.17, 15) is 4.79 Å². The number of benzene rings is 2. The highest BCUT2D eigenvalue weighted by atomic mass is 35.5. The standard InChI is InChI=1S/C22H18ClN5O2/c1-15-25-21(27-28(15)19-9-7-17(23)8-10-19)22(29)26-18-5-2-6-20(12-18)30-14-16-4-3-11-24-13-16/h2-13H,14H2,1H3,(H,26,29). The molecule has 2 aromatic heterocycles. The van der Waals surface area contributed by atoms with E-state index in [1.54, 1.807) is 54.3 Å². The number of pyridine rings is 1. The maximum absolute atomic E-state index is 12.6. The van der Waals surface area contributed by atoms with Gasteiger partial charge in [-0.05, 0) is 49.4 Å². The van der Waals surface area contributed by atoms with Crippen molar-refractivity contribution in [3.63, 3.8) is 0 Å². The Morgan fingerprint density at radius 1 is 1.13 bits per heavy atom. The number of aromatic nitrogens is 4. The van der Waals surface area contributed by atoms with E-state index in [-0.39, 0.29) is 5.82 Å². The third-order valence-corrected chi connectivity index (χ3v) is 4.52. The molecule has 8 heteroatoms. The number of aryl methyl sites for hydroxylation is 1. The zero-order valence-corrected chi connectivity index (χ0v) is 16.9. The van der Waals surface area contributed by atoms with Crippen LogP contribution in [0.1, 0.15) is 22.0 Å². The summed E-state index contributed by atoms with van der Waals surface area (Å²) in [6.07, 6.45) is 3.46. The van der Waals surface area contributed by atoms with Crippen molar-refractivity contribution in [2.75, 3.05) is 5.32 Å². The van der Waals surface area contributed by atoms with Crippen LogP contribution in [0.4, 0.5) is 5.69 Å². The number of carbonyl (C=O) groups excluding carboxylic acids is 1. The van der Waals surface area contributed by atoms with Gasteiger partial charge in [-0.3, -0.25) is 9.78 Å². The van der Waals surface area contributed by atoms with Crippen molar-refractivity contribution in [1.29, 1.82) is 0 Å². The minimum atomic E-state index is -0.407. The second kappa shape index (κ2) is 8.75. The fraction of sp³-hybridized carbons (Fsp3) is 0.0909. The minimum Gasteiger partial charge on any atom is -0.489 e. The van der Waals surface area contributed by atoms with Gasteiger partial charge in [-0.15, -0.1) is 5.10 Å². The van der Waals surface area contributed by atoms with Crippen molar-refractivity contribution in [1.82, 2.24) is 19.7 Å². The predicted octanol–water partition coefficient (Wildman–Crippen LogP) is 4.46. The first-order valence-electron chi connectivity index (χ1n) is 9.21. The summed E-state index contributed by atoms with van der Waals surface area (Å²) in [7, 11) is 0. The van der Waals surface area contributed by atoms with E-state index in [1.165, 1.54) is 0 Å². The molecule has 2 heterocycles. The van der Waals surface area contributed by atoms with E-state index in [2.05, 4.69) is 20.4 Å². The van der Waals surface area contributed by atoms with Crippen LogP contribution in [0.2, 0.25) is 5.02 Å². The van der Waals surface area contributed by atoms with Crippen LogP contribution in [0.25, 0.3) is 5.69 Å². The first kappa shape index (κ1) is 19.6. The molecule has 0 spiro atoms. The Balaban J connectivity index is 1.45. The smallest absolute Gasteiger partial charge is 0.295 e. The first-order chi connectivity index (χ1) is 14.6. The van der Waals surface area contributed by atoms with Gasteiger partial charge in [-0.2, -0.15) is 0 Å². The van der Waals surface area contributed by atoms with Crippen LogP contribution in [-0.2, 0) is 6.61 Å². The minimum absolute atomic E-state index is 0.0733. The molecule has 0 aliphatic heterocycles.